The van der Waals surface area contributed by atoms with Crippen molar-refractivity contribution in [3.8, 4) is 11.5 Å². The average Bonchev–Trinajstić information content (AvgIpc) is 2.63. The Balaban J connectivity index is 2.00. The first-order valence-corrected chi connectivity index (χ1v) is 8.89. The Kier molecular flexibility index (Phi) is 5.58. The molecule has 2 aromatic carbocycles. The van der Waals surface area contributed by atoms with Crippen LogP contribution in [0.25, 0.3) is 6.08 Å². The van der Waals surface area contributed by atoms with Crippen LogP contribution in [0, 0.1) is 0 Å². The number of aromatic hydroxyl groups is 1. The molecule has 0 radical (unpaired) electrons. The largest absolute Gasteiger partial charge is 0.508 e. The average molecular weight is 421 g/mol. The Hall–Kier alpha value is -3.03. The summed E-state index contributed by atoms with van der Waals surface area (Å²) in [5.74, 6) is -1.39. The molecule has 0 saturated carbocycles. The molecule has 2 N–H and O–H groups in total. The van der Waals surface area contributed by atoms with Gasteiger partial charge in [0.25, 0.3) is 11.8 Å². The van der Waals surface area contributed by atoms with Crippen LogP contribution >= 0.6 is 23.2 Å². The van der Waals surface area contributed by atoms with E-state index in [9.17, 15) is 19.5 Å². The van der Waals surface area contributed by atoms with Crippen molar-refractivity contribution in [2.45, 2.75) is 6.92 Å². The minimum Gasteiger partial charge on any atom is -0.508 e. The molecule has 0 atom stereocenters. The molecular weight excluding hydrogens is 407 g/mol. The van der Waals surface area contributed by atoms with Crippen LogP contribution in [0.2, 0.25) is 10.0 Å². The molecule has 0 unspecified atom stereocenters. The van der Waals surface area contributed by atoms with Crippen LogP contribution in [0.5, 0.6) is 11.5 Å². The molecule has 144 valence electrons. The SMILES string of the molecule is CCOc1c(Cl)cc(/C=C2\C(=O)NC(=O)N(c3ccc(O)cc3)C2=O)cc1Cl. The Morgan fingerprint density at radius 3 is 2.29 bits per heavy atom. The molecule has 1 fully saturated rings. The van der Waals surface area contributed by atoms with Crippen LogP contribution in [-0.4, -0.2) is 29.6 Å². The lowest BCUT2D eigenvalue weighted by Gasteiger charge is -2.26. The highest BCUT2D eigenvalue weighted by molar-refractivity contribution is 6.40. The molecule has 0 spiro atoms. The third-order valence-electron chi connectivity index (χ3n) is 3.83. The van der Waals surface area contributed by atoms with E-state index in [-0.39, 0.29) is 27.1 Å². The van der Waals surface area contributed by atoms with Gasteiger partial charge in [-0.05, 0) is 55.0 Å². The number of urea groups is 1. The molecule has 0 aromatic heterocycles. The van der Waals surface area contributed by atoms with Crippen molar-refractivity contribution < 1.29 is 24.2 Å². The van der Waals surface area contributed by atoms with E-state index in [4.69, 9.17) is 27.9 Å². The van der Waals surface area contributed by atoms with E-state index in [0.29, 0.717) is 17.9 Å². The summed E-state index contributed by atoms with van der Waals surface area (Å²) in [5.41, 5.74) is 0.308. The molecule has 2 aromatic rings. The molecule has 9 heteroatoms. The van der Waals surface area contributed by atoms with Crippen molar-refractivity contribution in [2.75, 3.05) is 11.5 Å². The fourth-order valence-corrected chi connectivity index (χ4v) is 3.22. The van der Waals surface area contributed by atoms with E-state index in [1.165, 1.54) is 42.5 Å². The van der Waals surface area contributed by atoms with Crippen molar-refractivity contribution in [3.63, 3.8) is 0 Å². The lowest BCUT2D eigenvalue weighted by atomic mass is 10.1. The lowest BCUT2D eigenvalue weighted by molar-refractivity contribution is -0.122. The summed E-state index contributed by atoms with van der Waals surface area (Å²) in [6.45, 7) is 2.15. The Morgan fingerprint density at radius 2 is 1.71 bits per heavy atom. The van der Waals surface area contributed by atoms with Crippen molar-refractivity contribution in [1.29, 1.82) is 0 Å². The molecule has 3 rings (SSSR count). The van der Waals surface area contributed by atoms with Gasteiger partial charge in [0, 0.05) is 0 Å². The van der Waals surface area contributed by atoms with E-state index in [0.717, 1.165) is 4.90 Å². The van der Waals surface area contributed by atoms with Crippen LogP contribution in [0.15, 0.2) is 42.0 Å². The highest BCUT2D eigenvalue weighted by Gasteiger charge is 2.36. The Labute approximate surface area is 170 Å². The number of amides is 4. The topological polar surface area (TPSA) is 95.9 Å². The van der Waals surface area contributed by atoms with Gasteiger partial charge in [0.1, 0.15) is 11.3 Å². The van der Waals surface area contributed by atoms with Gasteiger partial charge in [-0.15, -0.1) is 0 Å². The normalized spacial score (nSPS) is 15.8. The molecular formula is C19H14Cl2N2O5. The van der Waals surface area contributed by atoms with Gasteiger partial charge in [-0.2, -0.15) is 0 Å². The number of barbiturate groups is 1. The maximum atomic E-state index is 12.8. The first kappa shape index (κ1) is 19.7. The maximum absolute atomic E-state index is 12.8. The predicted octanol–water partition coefficient (Wildman–Crippen LogP) is 3.76. The number of hydrogen-bond acceptors (Lipinski definition) is 5. The highest BCUT2D eigenvalue weighted by atomic mass is 35.5. The lowest BCUT2D eigenvalue weighted by Crippen LogP contribution is -2.54. The van der Waals surface area contributed by atoms with Gasteiger partial charge < -0.3 is 9.84 Å². The number of anilines is 1. The van der Waals surface area contributed by atoms with Gasteiger partial charge in [0.2, 0.25) is 0 Å². The third-order valence-corrected chi connectivity index (χ3v) is 4.39. The van der Waals surface area contributed by atoms with Crippen LogP contribution in [-0.2, 0) is 9.59 Å². The monoisotopic (exact) mass is 420 g/mol. The zero-order valence-electron chi connectivity index (χ0n) is 14.5. The fraction of sp³-hybridized carbons (Fsp3) is 0.105. The molecule has 1 aliphatic heterocycles. The molecule has 0 aliphatic carbocycles. The summed E-state index contributed by atoms with van der Waals surface area (Å²) in [6, 6.07) is 7.50. The number of nitrogens with one attached hydrogen (secondary N) is 1. The summed E-state index contributed by atoms with van der Waals surface area (Å²) in [5, 5.41) is 11.9. The predicted molar refractivity (Wildman–Crippen MR) is 105 cm³/mol. The summed E-state index contributed by atoms with van der Waals surface area (Å²) in [4.78, 5) is 38.0. The van der Waals surface area contributed by atoms with Gasteiger partial charge in [-0.1, -0.05) is 23.2 Å². The number of rotatable bonds is 4. The second-order valence-electron chi connectivity index (χ2n) is 5.72. The number of carbonyl (C=O) groups is 3. The molecule has 1 aliphatic rings. The van der Waals surface area contributed by atoms with Crippen LogP contribution in [0.4, 0.5) is 10.5 Å². The first-order chi connectivity index (χ1) is 13.3. The van der Waals surface area contributed by atoms with Gasteiger partial charge >= 0.3 is 6.03 Å². The smallest absolute Gasteiger partial charge is 0.335 e. The fourth-order valence-electron chi connectivity index (χ4n) is 2.61. The number of halogens is 2. The summed E-state index contributed by atoms with van der Waals surface area (Å²) < 4.78 is 5.35. The van der Waals surface area contributed by atoms with Crippen molar-refractivity contribution >= 4 is 52.8 Å². The molecule has 0 bridgehead atoms. The molecule has 28 heavy (non-hydrogen) atoms. The molecule has 1 heterocycles. The van der Waals surface area contributed by atoms with Crippen LogP contribution in [0.3, 0.4) is 0 Å². The van der Waals surface area contributed by atoms with Gasteiger partial charge in [-0.3, -0.25) is 14.9 Å². The number of hydrogen-bond donors (Lipinski definition) is 2. The number of ether oxygens (including phenoxy) is 1. The summed E-state index contributed by atoms with van der Waals surface area (Å²) >= 11 is 12.3. The number of phenols is 1. The maximum Gasteiger partial charge on any atom is 0.335 e. The molecule has 4 amide bonds. The van der Waals surface area contributed by atoms with Gasteiger partial charge in [0.15, 0.2) is 5.75 Å². The van der Waals surface area contributed by atoms with E-state index >= 15 is 0 Å². The quantitative estimate of drug-likeness (QED) is 0.579. The van der Waals surface area contributed by atoms with Gasteiger partial charge in [0.05, 0.1) is 22.3 Å². The van der Waals surface area contributed by atoms with E-state index in [2.05, 4.69) is 5.32 Å². The minimum absolute atomic E-state index is 0.0286. The second-order valence-corrected chi connectivity index (χ2v) is 6.54. The van der Waals surface area contributed by atoms with Crippen molar-refractivity contribution in [1.82, 2.24) is 5.32 Å². The van der Waals surface area contributed by atoms with E-state index in [1.54, 1.807) is 6.92 Å². The minimum atomic E-state index is -0.888. The summed E-state index contributed by atoms with van der Waals surface area (Å²) in [7, 11) is 0. The Bertz CT molecular complexity index is 979. The molecule has 1 saturated heterocycles. The standard InChI is InChI=1S/C19H14Cl2N2O5/c1-2-28-16-14(20)8-10(9-15(16)21)7-13-17(25)22-19(27)23(18(13)26)11-3-5-12(24)6-4-11/h3-9,24H,2H2,1H3,(H,22,25,27)/b13-7+. The number of nitrogens with zero attached hydrogens (tertiary/aromatic N) is 1. The van der Waals surface area contributed by atoms with E-state index in [1.807, 2.05) is 0 Å². The van der Waals surface area contributed by atoms with Crippen LogP contribution < -0.4 is 15.0 Å². The number of phenolic OH excluding ortho intramolecular Hbond substituents is 1. The van der Waals surface area contributed by atoms with Crippen molar-refractivity contribution in [3.05, 3.63) is 57.6 Å². The highest BCUT2D eigenvalue weighted by Crippen LogP contribution is 2.35. The number of imide groups is 2. The zero-order valence-corrected chi connectivity index (χ0v) is 16.0. The third kappa shape index (κ3) is 3.81. The Morgan fingerprint density at radius 1 is 1.11 bits per heavy atom. The van der Waals surface area contributed by atoms with Gasteiger partial charge in [-0.25, -0.2) is 9.69 Å². The van der Waals surface area contributed by atoms with E-state index < -0.39 is 17.8 Å². The van der Waals surface area contributed by atoms with Crippen molar-refractivity contribution in [2.24, 2.45) is 0 Å². The summed E-state index contributed by atoms with van der Waals surface area (Å²) in [6.07, 6.45) is 1.28. The zero-order chi connectivity index (χ0) is 20.4. The molecule has 7 nitrogen and oxygen atoms in total. The first-order valence-electron chi connectivity index (χ1n) is 8.14. The second kappa shape index (κ2) is 7.92. The number of carbonyl (C=O) groups excluding carboxylic acids is 3. The number of benzene rings is 2. The van der Waals surface area contributed by atoms with Crippen LogP contribution in [0.1, 0.15) is 12.5 Å².